The molecule has 8 rings (SSSR count). The Labute approximate surface area is 474 Å². The average Bonchev–Trinajstić information content (AvgIpc) is 4.29. The molecule has 2 aliphatic carbocycles. The molecule has 0 bridgehead atoms. The fourth-order valence-electron chi connectivity index (χ4n) is 10.1. The first kappa shape index (κ1) is 58.5. The Balaban J connectivity index is 0.680. The number of pyridine rings is 1. The first-order chi connectivity index (χ1) is 39.1. The lowest BCUT2D eigenvalue weighted by atomic mass is 9.87. The number of carboxylic acids is 1. The van der Waals surface area contributed by atoms with Crippen molar-refractivity contribution in [2.24, 2.45) is 11.8 Å². The lowest BCUT2D eigenvalue weighted by Crippen LogP contribution is -2.30. The number of hydrogen-bond donors (Lipinski definition) is 6. The minimum Gasteiger partial charge on any atom is -0.494 e. The van der Waals surface area contributed by atoms with Gasteiger partial charge in [-0.15, -0.1) is 0 Å². The Morgan fingerprint density at radius 3 is 2.09 bits per heavy atom. The van der Waals surface area contributed by atoms with E-state index in [0.29, 0.717) is 54.5 Å². The zero-order chi connectivity index (χ0) is 57.4. The van der Waals surface area contributed by atoms with E-state index in [1.54, 1.807) is 48.5 Å². The third kappa shape index (κ3) is 15.6. The molecule has 5 amide bonds. The van der Waals surface area contributed by atoms with Crippen molar-refractivity contribution >= 4 is 70.0 Å². The smallest absolute Gasteiger partial charge is 0.339 e. The number of hydrogen-bond acceptors (Lipinski definition) is 12. The normalized spacial score (nSPS) is 13.7. The van der Waals surface area contributed by atoms with Crippen LogP contribution < -0.4 is 40.8 Å². The Bertz CT molecular complexity index is 3310. The van der Waals surface area contributed by atoms with E-state index < -0.39 is 42.1 Å². The maximum Gasteiger partial charge on any atom is 0.339 e. The molecule has 0 radical (unpaired) electrons. The fraction of sp³-hybridized carbons (Fsp3) is 0.323. The van der Waals surface area contributed by atoms with E-state index in [0.717, 1.165) is 71.2 Å². The van der Waals surface area contributed by atoms with E-state index in [9.17, 15) is 38.7 Å². The van der Waals surface area contributed by atoms with Crippen molar-refractivity contribution in [1.29, 1.82) is 0 Å². The van der Waals surface area contributed by atoms with Gasteiger partial charge in [-0.1, -0.05) is 67.6 Å². The lowest BCUT2D eigenvalue weighted by molar-refractivity contribution is -0.128. The molecule has 19 heteroatoms. The molecule has 1 saturated carbocycles. The van der Waals surface area contributed by atoms with Gasteiger partial charge in [0, 0.05) is 48.2 Å². The summed E-state index contributed by atoms with van der Waals surface area (Å²) in [7, 11) is 1.42. The molecule has 422 valence electrons. The number of Topliss-reactive ketones (excluding diaryl/α,β-unsaturated/α-hetero) is 1. The highest BCUT2D eigenvalue weighted by Crippen LogP contribution is 2.43. The second kappa shape index (κ2) is 28.0. The SMILES string of the molecule is COc1cc(NC(=O)c2ccccn2)ccc1NC(=O)c1ccc(NC(=O)COCC(=O)NCCCCCCNC(=O)COc2ccc(-c3cccc(COc4cc5c(c(C)c4C)C(=O)C(C4CCCC4)C5)c3)cc2C(=O)O)cc1Cl. The Hall–Kier alpha value is -8.61. The Morgan fingerprint density at radius 2 is 1.37 bits per heavy atom. The van der Waals surface area contributed by atoms with Crippen molar-refractivity contribution in [3.8, 4) is 28.4 Å². The third-order valence-electron chi connectivity index (χ3n) is 14.5. The maximum atomic E-state index is 13.5. The van der Waals surface area contributed by atoms with Crippen LogP contribution in [-0.4, -0.2) is 91.4 Å². The van der Waals surface area contributed by atoms with Crippen LogP contribution >= 0.6 is 11.6 Å². The summed E-state index contributed by atoms with van der Waals surface area (Å²) in [5.74, 6) is -1.55. The van der Waals surface area contributed by atoms with Crippen LogP contribution in [0.4, 0.5) is 17.1 Å². The van der Waals surface area contributed by atoms with Crippen molar-refractivity contribution < 1.29 is 57.6 Å². The standard InChI is InChI=1S/C62H65ClN6O12/c1-37-38(2)58-43(29-47(59(58)73)40-14-6-7-15-40)30-53(37)80-33-39-13-12-16-41(27-39)42-18-23-52(48(28-42)62(76)77)81-36-56(71)66-26-10-5-4-9-25-65-55(70)34-79-35-57(72)67-44-19-21-46(49(63)31-44)60(74)69-50-22-20-45(32-54(50)78-3)68-61(75)51-17-8-11-24-64-51/h8,11-13,16-24,27-28,30-32,40,47H,4-7,9-10,14-15,25-26,29,33-36H2,1-3H3,(H,65,70)(H,66,71)(H,67,72)(H,68,75)(H,69,74)(H,76,77). The summed E-state index contributed by atoms with van der Waals surface area (Å²) >= 11 is 6.42. The number of nitrogens with zero attached hydrogens (tertiary/aromatic N) is 1. The average molecular weight is 1120 g/mol. The quantitative estimate of drug-likeness (QED) is 0.0277. The van der Waals surface area contributed by atoms with Gasteiger partial charge >= 0.3 is 5.97 Å². The highest BCUT2D eigenvalue weighted by atomic mass is 35.5. The van der Waals surface area contributed by atoms with Gasteiger partial charge in [0.25, 0.3) is 17.7 Å². The molecule has 1 fully saturated rings. The van der Waals surface area contributed by atoms with Crippen LogP contribution in [0.1, 0.15) is 115 Å². The van der Waals surface area contributed by atoms with Crippen molar-refractivity contribution in [2.75, 3.05) is 56.0 Å². The summed E-state index contributed by atoms with van der Waals surface area (Å²) in [6, 6.07) is 28.6. The number of fused-ring (bicyclic) bond motifs is 1. The highest BCUT2D eigenvalue weighted by molar-refractivity contribution is 6.34. The monoisotopic (exact) mass is 1120 g/mol. The molecule has 0 aliphatic heterocycles. The minimum absolute atomic E-state index is 0.0571. The van der Waals surface area contributed by atoms with Crippen LogP contribution in [0.15, 0.2) is 109 Å². The number of methoxy groups -OCH3 is 1. The minimum atomic E-state index is -1.19. The predicted octanol–water partition coefficient (Wildman–Crippen LogP) is 10.2. The van der Waals surface area contributed by atoms with E-state index in [1.807, 2.05) is 44.2 Å². The number of unbranched alkanes of at least 4 members (excludes halogenated alkanes) is 3. The van der Waals surface area contributed by atoms with Crippen LogP contribution in [0.3, 0.4) is 0 Å². The zero-order valence-electron chi connectivity index (χ0n) is 45.4. The molecule has 0 saturated heterocycles. The summed E-state index contributed by atoms with van der Waals surface area (Å²) in [5, 5.41) is 23.8. The van der Waals surface area contributed by atoms with Gasteiger partial charge in [0.2, 0.25) is 11.8 Å². The van der Waals surface area contributed by atoms with E-state index in [4.69, 9.17) is 30.5 Å². The molecular weight excluding hydrogens is 1060 g/mol. The van der Waals surface area contributed by atoms with Gasteiger partial charge < -0.3 is 50.6 Å². The van der Waals surface area contributed by atoms with Crippen molar-refractivity contribution in [3.05, 3.63) is 159 Å². The Kier molecular flexibility index (Phi) is 20.2. The number of carboxylic acid groups (broad SMARTS) is 1. The fourth-order valence-corrected chi connectivity index (χ4v) is 10.4. The highest BCUT2D eigenvalue weighted by Gasteiger charge is 2.39. The number of carbonyl (C=O) groups is 7. The topological polar surface area (TPSA) is 250 Å². The van der Waals surface area contributed by atoms with Crippen molar-refractivity contribution in [2.45, 2.75) is 78.2 Å². The molecule has 18 nitrogen and oxygen atoms in total. The molecule has 5 aromatic carbocycles. The molecule has 0 spiro atoms. The third-order valence-corrected chi connectivity index (χ3v) is 14.8. The Morgan fingerprint density at radius 1 is 0.654 bits per heavy atom. The van der Waals surface area contributed by atoms with Crippen LogP contribution in [0.2, 0.25) is 5.02 Å². The number of halogens is 1. The number of anilines is 3. The second-order valence-electron chi connectivity index (χ2n) is 20.1. The van der Waals surface area contributed by atoms with Gasteiger partial charge in [-0.25, -0.2) is 4.79 Å². The first-order valence-corrected chi connectivity index (χ1v) is 27.3. The molecular formula is C62H65ClN6O12. The van der Waals surface area contributed by atoms with Gasteiger partial charge in [-0.05, 0) is 152 Å². The number of carbonyl (C=O) groups excluding carboxylic acids is 6. The molecule has 2 aliphatic rings. The molecule has 1 unspecified atom stereocenters. The van der Waals surface area contributed by atoms with Gasteiger partial charge in [0.05, 0.1) is 23.4 Å². The molecule has 6 aromatic rings. The number of ketones is 1. The van der Waals surface area contributed by atoms with Gasteiger partial charge in [0.15, 0.2) is 12.4 Å². The zero-order valence-corrected chi connectivity index (χ0v) is 46.2. The van der Waals surface area contributed by atoms with Crippen molar-refractivity contribution in [1.82, 2.24) is 15.6 Å². The summed E-state index contributed by atoms with van der Waals surface area (Å²) in [5.41, 5.74) is 7.57. The van der Waals surface area contributed by atoms with E-state index >= 15 is 0 Å². The van der Waals surface area contributed by atoms with E-state index in [1.165, 1.54) is 50.4 Å². The number of benzene rings is 5. The molecule has 1 aromatic heterocycles. The summed E-state index contributed by atoms with van der Waals surface area (Å²) in [6.07, 6.45) is 9.82. The maximum absolute atomic E-state index is 13.5. The van der Waals surface area contributed by atoms with Crippen LogP contribution in [0.25, 0.3) is 11.1 Å². The lowest BCUT2D eigenvalue weighted by Gasteiger charge is -2.16. The predicted molar refractivity (Wildman–Crippen MR) is 307 cm³/mol. The number of amides is 5. The molecule has 81 heavy (non-hydrogen) atoms. The summed E-state index contributed by atoms with van der Waals surface area (Å²) in [6.45, 7) is 3.95. The van der Waals surface area contributed by atoms with Gasteiger partial charge in [0.1, 0.15) is 48.3 Å². The van der Waals surface area contributed by atoms with Crippen LogP contribution in [0.5, 0.6) is 17.2 Å². The largest absolute Gasteiger partial charge is 0.494 e. The summed E-state index contributed by atoms with van der Waals surface area (Å²) < 4.78 is 22.8. The number of ether oxygens (including phenoxy) is 4. The van der Waals surface area contributed by atoms with Crippen LogP contribution in [0, 0.1) is 25.7 Å². The molecule has 6 N–H and O–H groups in total. The van der Waals surface area contributed by atoms with Crippen molar-refractivity contribution in [3.63, 3.8) is 0 Å². The number of rotatable bonds is 26. The number of aromatic carboxylic acids is 1. The van der Waals surface area contributed by atoms with Gasteiger partial charge in [-0.2, -0.15) is 0 Å². The van der Waals surface area contributed by atoms with E-state index in [-0.39, 0.29) is 64.9 Å². The number of aromatic nitrogens is 1. The molecule has 1 heterocycles. The number of nitrogens with one attached hydrogen (secondary N) is 5. The van der Waals surface area contributed by atoms with Crippen LogP contribution in [-0.2, 0) is 32.1 Å². The van der Waals surface area contributed by atoms with E-state index in [2.05, 4.69) is 31.6 Å². The summed E-state index contributed by atoms with van der Waals surface area (Å²) in [4.78, 5) is 93.0. The first-order valence-electron chi connectivity index (χ1n) is 27.0. The second-order valence-corrected chi connectivity index (χ2v) is 20.5. The van der Waals surface area contributed by atoms with Gasteiger partial charge in [-0.3, -0.25) is 33.8 Å². The molecule has 1 atom stereocenters.